The molecule has 23 heavy (non-hydrogen) atoms. The van der Waals surface area contributed by atoms with Gasteiger partial charge in [-0.15, -0.1) is 0 Å². The Bertz CT molecular complexity index is 548. The summed E-state index contributed by atoms with van der Waals surface area (Å²) in [6.07, 6.45) is 0.0284. The van der Waals surface area contributed by atoms with E-state index in [1.165, 1.54) is 0 Å². The lowest BCUT2D eigenvalue weighted by atomic mass is 10.1. The number of aryl methyl sites for hydroxylation is 1. The van der Waals surface area contributed by atoms with E-state index < -0.39 is 17.7 Å². The summed E-state index contributed by atoms with van der Waals surface area (Å²) >= 11 is 0. The average Bonchev–Trinajstić information content (AvgIpc) is 2.45. The van der Waals surface area contributed by atoms with E-state index >= 15 is 0 Å². The third-order valence-corrected chi connectivity index (χ3v) is 2.87. The summed E-state index contributed by atoms with van der Waals surface area (Å²) < 4.78 is 15.4. The van der Waals surface area contributed by atoms with Gasteiger partial charge in [0.25, 0.3) is 0 Å². The molecule has 0 bridgehead atoms. The minimum atomic E-state index is -0.527. The zero-order valence-electron chi connectivity index (χ0n) is 14.4. The Labute approximate surface area is 137 Å². The van der Waals surface area contributed by atoms with Crippen molar-refractivity contribution in [3.8, 4) is 5.75 Å². The highest BCUT2D eigenvalue weighted by atomic mass is 16.6. The molecule has 1 rings (SSSR count). The number of methoxy groups -OCH3 is 1. The zero-order chi connectivity index (χ0) is 17.5. The van der Waals surface area contributed by atoms with Crippen LogP contribution in [-0.2, 0) is 9.47 Å². The van der Waals surface area contributed by atoms with E-state index in [0.29, 0.717) is 24.3 Å². The van der Waals surface area contributed by atoms with Crippen LogP contribution in [0.4, 0.5) is 4.79 Å². The Hall–Kier alpha value is -2.24. The van der Waals surface area contributed by atoms with Crippen LogP contribution in [0.15, 0.2) is 18.2 Å². The number of nitrogens with one attached hydrogen (secondary N) is 1. The summed E-state index contributed by atoms with van der Waals surface area (Å²) in [5.41, 5.74) is 0.860. The smallest absolute Gasteiger partial charge is 0.407 e. The summed E-state index contributed by atoms with van der Waals surface area (Å²) in [6.45, 7) is 7.87. The Morgan fingerprint density at radius 3 is 2.52 bits per heavy atom. The molecule has 0 saturated heterocycles. The summed E-state index contributed by atoms with van der Waals surface area (Å²) in [7, 11) is 1.56. The second-order valence-electron chi connectivity index (χ2n) is 6.10. The highest BCUT2D eigenvalue weighted by Gasteiger charge is 2.15. The van der Waals surface area contributed by atoms with Crippen molar-refractivity contribution < 1.29 is 23.8 Å². The fourth-order valence-corrected chi connectivity index (χ4v) is 1.77. The number of hydrogen-bond acceptors (Lipinski definition) is 5. The first-order valence-corrected chi connectivity index (χ1v) is 7.51. The summed E-state index contributed by atoms with van der Waals surface area (Å²) in [5.74, 6) is 0.228. The van der Waals surface area contributed by atoms with E-state index in [0.717, 1.165) is 5.56 Å². The van der Waals surface area contributed by atoms with Crippen molar-refractivity contribution in [3.63, 3.8) is 0 Å². The first kappa shape index (κ1) is 18.8. The van der Waals surface area contributed by atoms with E-state index in [1.54, 1.807) is 46.1 Å². The van der Waals surface area contributed by atoms with Crippen LogP contribution in [-0.4, -0.2) is 37.9 Å². The quantitative estimate of drug-likeness (QED) is 0.643. The van der Waals surface area contributed by atoms with Gasteiger partial charge in [0.15, 0.2) is 0 Å². The minimum absolute atomic E-state index is 0.213. The number of amides is 1. The van der Waals surface area contributed by atoms with Gasteiger partial charge in [0, 0.05) is 6.54 Å². The van der Waals surface area contributed by atoms with E-state index in [9.17, 15) is 9.59 Å². The molecule has 0 saturated carbocycles. The van der Waals surface area contributed by atoms with Crippen molar-refractivity contribution in [2.75, 3.05) is 20.3 Å². The van der Waals surface area contributed by atoms with Gasteiger partial charge in [-0.3, -0.25) is 0 Å². The Morgan fingerprint density at radius 2 is 1.91 bits per heavy atom. The van der Waals surface area contributed by atoms with E-state index in [4.69, 9.17) is 14.2 Å². The molecule has 0 spiro atoms. The van der Waals surface area contributed by atoms with Gasteiger partial charge in [-0.25, -0.2) is 9.59 Å². The fourth-order valence-electron chi connectivity index (χ4n) is 1.77. The molecule has 6 nitrogen and oxygen atoms in total. The molecule has 6 heteroatoms. The first-order valence-electron chi connectivity index (χ1n) is 7.51. The molecule has 128 valence electrons. The highest BCUT2D eigenvalue weighted by molar-refractivity contribution is 5.90. The number of alkyl carbamates (subject to hydrolysis) is 1. The number of benzene rings is 1. The first-order chi connectivity index (χ1) is 10.7. The number of hydrogen-bond donors (Lipinski definition) is 1. The van der Waals surface area contributed by atoms with Gasteiger partial charge < -0.3 is 19.5 Å². The Morgan fingerprint density at radius 1 is 1.22 bits per heavy atom. The van der Waals surface area contributed by atoms with Gasteiger partial charge in [-0.05, 0) is 51.8 Å². The van der Waals surface area contributed by atoms with Crippen molar-refractivity contribution in [2.45, 2.75) is 39.7 Å². The third kappa shape index (κ3) is 7.04. The van der Waals surface area contributed by atoms with Crippen LogP contribution in [0.2, 0.25) is 0 Å². The van der Waals surface area contributed by atoms with Crippen LogP contribution in [0.3, 0.4) is 0 Å². The second-order valence-corrected chi connectivity index (χ2v) is 6.10. The fraction of sp³-hybridized carbons (Fsp3) is 0.529. The van der Waals surface area contributed by atoms with Crippen LogP contribution >= 0.6 is 0 Å². The zero-order valence-corrected chi connectivity index (χ0v) is 14.4. The molecular weight excluding hydrogens is 298 g/mol. The van der Waals surface area contributed by atoms with Crippen molar-refractivity contribution >= 4 is 12.1 Å². The minimum Gasteiger partial charge on any atom is -0.496 e. The standard InChI is InChI=1S/C17H25NO5/c1-12-7-8-13(11-14(12)21-5)15(19)22-10-6-9-18-16(20)23-17(2,3)4/h7-8,11H,6,9-10H2,1-5H3,(H,18,20). The molecular formula is C17H25NO5. The number of carbonyl (C=O) groups excluding carboxylic acids is 2. The van der Waals surface area contributed by atoms with Gasteiger partial charge in [0.05, 0.1) is 19.3 Å². The number of rotatable bonds is 6. The van der Waals surface area contributed by atoms with Gasteiger partial charge >= 0.3 is 12.1 Å². The maximum absolute atomic E-state index is 11.9. The Balaban J connectivity index is 2.31. The van der Waals surface area contributed by atoms with Crippen molar-refractivity contribution in [1.29, 1.82) is 0 Å². The molecule has 0 atom stereocenters. The number of ether oxygens (including phenoxy) is 3. The lowest BCUT2D eigenvalue weighted by Gasteiger charge is -2.19. The molecule has 0 heterocycles. The van der Waals surface area contributed by atoms with Crippen LogP contribution in [0.25, 0.3) is 0 Å². The summed E-state index contributed by atoms with van der Waals surface area (Å²) in [6, 6.07) is 5.15. The summed E-state index contributed by atoms with van der Waals surface area (Å²) in [5, 5.41) is 2.61. The van der Waals surface area contributed by atoms with Crippen LogP contribution < -0.4 is 10.1 Å². The number of esters is 1. The molecule has 1 aromatic rings. The molecule has 0 radical (unpaired) electrons. The SMILES string of the molecule is COc1cc(C(=O)OCCCNC(=O)OC(C)(C)C)ccc1C. The van der Waals surface area contributed by atoms with Gasteiger partial charge in [-0.2, -0.15) is 0 Å². The van der Waals surface area contributed by atoms with Crippen LogP contribution in [0.1, 0.15) is 43.1 Å². The lowest BCUT2D eigenvalue weighted by Crippen LogP contribution is -2.33. The third-order valence-electron chi connectivity index (χ3n) is 2.87. The van der Waals surface area contributed by atoms with Crippen molar-refractivity contribution in [1.82, 2.24) is 5.32 Å². The number of carbonyl (C=O) groups is 2. The highest BCUT2D eigenvalue weighted by Crippen LogP contribution is 2.19. The molecule has 1 amide bonds. The molecule has 0 aliphatic carbocycles. The van der Waals surface area contributed by atoms with Gasteiger partial charge in [0.1, 0.15) is 11.4 Å². The van der Waals surface area contributed by atoms with Gasteiger partial charge in [0.2, 0.25) is 0 Å². The molecule has 1 N–H and O–H groups in total. The lowest BCUT2D eigenvalue weighted by molar-refractivity contribution is 0.0483. The molecule has 0 fully saturated rings. The molecule has 1 aromatic carbocycles. The van der Waals surface area contributed by atoms with E-state index in [2.05, 4.69) is 5.32 Å². The molecule has 0 unspecified atom stereocenters. The van der Waals surface area contributed by atoms with Crippen molar-refractivity contribution in [2.24, 2.45) is 0 Å². The maximum Gasteiger partial charge on any atom is 0.407 e. The molecule has 0 aliphatic heterocycles. The second kappa shape index (κ2) is 8.41. The summed E-state index contributed by atoms with van der Waals surface area (Å²) in [4.78, 5) is 23.3. The van der Waals surface area contributed by atoms with Crippen molar-refractivity contribution in [3.05, 3.63) is 29.3 Å². The monoisotopic (exact) mass is 323 g/mol. The van der Waals surface area contributed by atoms with Gasteiger partial charge in [-0.1, -0.05) is 6.07 Å². The predicted molar refractivity (Wildman–Crippen MR) is 86.9 cm³/mol. The molecule has 0 aromatic heterocycles. The molecule has 0 aliphatic rings. The Kier molecular flexibility index (Phi) is 6.88. The largest absolute Gasteiger partial charge is 0.496 e. The predicted octanol–water partition coefficient (Wildman–Crippen LogP) is 3.08. The average molecular weight is 323 g/mol. The van der Waals surface area contributed by atoms with Crippen LogP contribution in [0.5, 0.6) is 5.75 Å². The van der Waals surface area contributed by atoms with E-state index in [-0.39, 0.29) is 6.61 Å². The maximum atomic E-state index is 11.9. The van der Waals surface area contributed by atoms with E-state index in [1.807, 2.05) is 6.92 Å². The normalized spacial score (nSPS) is 10.8. The van der Waals surface area contributed by atoms with Crippen LogP contribution in [0, 0.1) is 6.92 Å². The topological polar surface area (TPSA) is 73.9 Å².